The van der Waals surface area contributed by atoms with Gasteiger partial charge in [0.1, 0.15) is 18.1 Å². The maximum Gasteiger partial charge on any atom is 0.243 e. The monoisotopic (exact) mass is 673 g/mol. The number of hydroxylamine groups is 6. The lowest BCUT2D eigenvalue weighted by molar-refractivity contribution is -0.163. The van der Waals surface area contributed by atoms with Gasteiger partial charge in [0, 0.05) is 33.5 Å². The summed E-state index contributed by atoms with van der Waals surface area (Å²) in [6.07, 6.45) is -0.348. The molecule has 21 heteroatoms. The summed E-state index contributed by atoms with van der Waals surface area (Å²) in [5, 5.41) is 44.1. The molecule has 1 rings (SSSR count). The molecule has 47 heavy (non-hydrogen) atoms. The standard InChI is InChI=1S/C26H43N9O12/c1-16(37)34(46)10-4-7-18-24(42)29-13-22(40)27-12-21(39)28-14-23(41)30-19(6-3-9-33(45)15-36)25(43)32-20(26(44)31-18)8-5-11-35(47)17(2)38/h15,18-20,45-47H,3-14H2,1-2H3,(H,27,40)(H,28,39)(H,29,42)(H,30,41)(H,31,44)(H,32,43). The van der Waals surface area contributed by atoms with Crippen molar-refractivity contribution in [2.75, 3.05) is 39.3 Å². The summed E-state index contributed by atoms with van der Waals surface area (Å²) in [6.45, 7) is -0.218. The summed E-state index contributed by atoms with van der Waals surface area (Å²) in [4.78, 5) is 110. The van der Waals surface area contributed by atoms with Gasteiger partial charge in [0.15, 0.2) is 0 Å². The first-order valence-corrected chi connectivity index (χ1v) is 14.7. The van der Waals surface area contributed by atoms with Crippen LogP contribution in [0.5, 0.6) is 0 Å². The van der Waals surface area contributed by atoms with Crippen molar-refractivity contribution in [3.05, 3.63) is 0 Å². The van der Waals surface area contributed by atoms with E-state index in [-0.39, 0.29) is 64.6 Å². The lowest BCUT2D eigenvalue weighted by Gasteiger charge is -2.26. The molecule has 1 saturated heterocycles. The SMILES string of the molecule is CC(=O)N(O)CCCC1NC(=O)C(CCCN(O)C(C)=O)NC(=O)C(CCCN(O)C=O)NC(=O)CNC(=O)CNC(=O)CNC1=O. The van der Waals surface area contributed by atoms with E-state index in [1.165, 1.54) is 0 Å². The second-order valence-corrected chi connectivity index (χ2v) is 10.5. The van der Waals surface area contributed by atoms with Gasteiger partial charge in [0.2, 0.25) is 53.7 Å². The van der Waals surface area contributed by atoms with Crippen LogP contribution in [0.2, 0.25) is 0 Å². The minimum Gasteiger partial charge on any atom is -0.346 e. The van der Waals surface area contributed by atoms with Crippen molar-refractivity contribution in [1.29, 1.82) is 0 Å². The molecule has 21 nitrogen and oxygen atoms in total. The van der Waals surface area contributed by atoms with Crippen LogP contribution in [0, 0.1) is 0 Å². The molecule has 3 unspecified atom stereocenters. The molecule has 0 aromatic carbocycles. The third kappa shape index (κ3) is 16.3. The average molecular weight is 674 g/mol. The van der Waals surface area contributed by atoms with Crippen molar-refractivity contribution in [2.45, 2.75) is 70.5 Å². The van der Waals surface area contributed by atoms with E-state index in [0.717, 1.165) is 13.8 Å². The first kappa shape index (κ1) is 40.1. The fourth-order valence-corrected chi connectivity index (χ4v) is 4.09. The van der Waals surface area contributed by atoms with Crippen LogP contribution in [0.25, 0.3) is 0 Å². The molecule has 264 valence electrons. The fourth-order valence-electron chi connectivity index (χ4n) is 4.09. The summed E-state index contributed by atoms with van der Waals surface area (Å²) in [6, 6.07) is -4.10. The normalized spacial score (nSPS) is 20.1. The van der Waals surface area contributed by atoms with Crippen molar-refractivity contribution >= 4 is 53.7 Å². The molecule has 0 spiro atoms. The number of carbonyl (C=O) groups is 9. The summed E-state index contributed by atoms with van der Waals surface area (Å²) in [7, 11) is 0. The number of hydrogen-bond donors (Lipinski definition) is 9. The maximum atomic E-state index is 13.5. The van der Waals surface area contributed by atoms with E-state index < -0.39 is 85.0 Å². The summed E-state index contributed by atoms with van der Waals surface area (Å²) < 4.78 is 0. The summed E-state index contributed by atoms with van der Waals surface area (Å²) in [5.74, 6) is -6.36. The van der Waals surface area contributed by atoms with Crippen molar-refractivity contribution < 1.29 is 58.8 Å². The number of hydrogen-bond acceptors (Lipinski definition) is 12. The Hall–Kier alpha value is -4.89. The van der Waals surface area contributed by atoms with Crippen LogP contribution in [0.15, 0.2) is 0 Å². The lowest BCUT2D eigenvalue weighted by Crippen LogP contribution is -2.58. The highest BCUT2D eigenvalue weighted by atomic mass is 16.5. The van der Waals surface area contributed by atoms with Gasteiger partial charge in [-0.15, -0.1) is 0 Å². The molecule has 9 amide bonds. The van der Waals surface area contributed by atoms with E-state index in [4.69, 9.17) is 0 Å². The molecule has 1 fully saturated rings. The number of amides is 9. The van der Waals surface area contributed by atoms with Crippen LogP contribution in [0.3, 0.4) is 0 Å². The van der Waals surface area contributed by atoms with E-state index in [0.29, 0.717) is 15.2 Å². The quantitative estimate of drug-likeness (QED) is 0.0508. The van der Waals surface area contributed by atoms with Gasteiger partial charge in [-0.25, -0.2) is 15.2 Å². The fraction of sp³-hybridized carbons (Fsp3) is 0.654. The zero-order valence-corrected chi connectivity index (χ0v) is 26.2. The summed E-state index contributed by atoms with van der Waals surface area (Å²) >= 11 is 0. The second kappa shape index (κ2) is 21.0. The Bertz CT molecular complexity index is 1150. The van der Waals surface area contributed by atoms with Gasteiger partial charge >= 0.3 is 0 Å². The highest BCUT2D eigenvalue weighted by Crippen LogP contribution is 2.07. The van der Waals surface area contributed by atoms with Crippen molar-refractivity contribution in [3.63, 3.8) is 0 Å². The van der Waals surface area contributed by atoms with Crippen LogP contribution in [0.4, 0.5) is 0 Å². The van der Waals surface area contributed by atoms with Crippen molar-refractivity contribution in [3.8, 4) is 0 Å². The maximum absolute atomic E-state index is 13.5. The molecule has 1 heterocycles. The highest BCUT2D eigenvalue weighted by Gasteiger charge is 2.30. The van der Waals surface area contributed by atoms with E-state index in [1.807, 2.05) is 0 Å². The molecule has 3 atom stereocenters. The number of nitrogens with zero attached hydrogens (tertiary/aromatic N) is 3. The lowest BCUT2D eigenvalue weighted by atomic mass is 10.1. The Morgan fingerprint density at radius 1 is 0.617 bits per heavy atom. The number of nitrogens with one attached hydrogen (secondary N) is 6. The molecule has 0 aromatic rings. The molecule has 1 aliphatic rings. The van der Waals surface area contributed by atoms with Gasteiger partial charge in [-0.2, -0.15) is 0 Å². The largest absolute Gasteiger partial charge is 0.346 e. The van der Waals surface area contributed by atoms with E-state index in [9.17, 15) is 58.8 Å². The van der Waals surface area contributed by atoms with E-state index in [2.05, 4.69) is 31.9 Å². The summed E-state index contributed by atoms with van der Waals surface area (Å²) in [5.41, 5.74) is 0. The predicted molar refractivity (Wildman–Crippen MR) is 155 cm³/mol. The highest BCUT2D eigenvalue weighted by molar-refractivity contribution is 5.96. The van der Waals surface area contributed by atoms with Gasteiger partial charge in [-0.1, -0.05) is 0 Å². The van der Waals surface area contributed by atoms with Gasteiger partial charge in [0.05, 0.1) is 19.6 Å². The van der Waals surface area contributed by atoms with Crippen LogP contribution in [-0.4, -0.2) is 142 Å². The molecular formula is C26H43N9O12. The first-order valence-electron chi connectivity index (χ1n) is 14.7. The van der Waals surface area contributed by atoms with Gasteiger partial charge in [-0.05, 0) is 38.5 Å². The Balaban J connectivity index is 3.35. The molecule has 9 N–H and O–H groups in total. The van der Waals surface area contributed by atoms with E-state index in [1.54, 1.807) is 0 Å². The third-order valence-electron chi connectivity index (χ3n) is 6.69. The zero-order valence-electron chi connectivity index (χ0n) is 26.2. The molecule has 0 bridgehead atoms. The minimum absolute atomic E-state index is 0.00529. The van der Waals surface area contributed by atoms with Gasteiger partial charge in [0.25, 0.3) is 0 Å². The molecule has 1 aliphatic heterocycles. The molecule has 0 saturated carbocycles. The van der Waals surface area contributed by atoms with Crippen molar-refractivity contribution in [2.24, 2.45) is 0 Å². The number of rotatable bonds is 13. The topological polar surface area (TPSA) is 296 Å². The molecule has 0 aromatic heterocycles. The average Bonchev–Trinajstić information content (AvgIpc) is 3.02. The Kier molecular flexibility index (Phi) is 17.9. The molecule has 0 aliphatic carbocycles. The molecule has 0 radical (unpaired) electrons. The van der Waals surface area contributed by atoms with Gasteiger partial charge in [-0.3, -0.25) is 58.8 Å². The van der Waals surface area contributed by atoms with Crippen LogP contribution in [0.1, 0.15) is 52.4 Å². The first-order chi connectivity index (χ1) is 22.1. The Morgan fingerprint density at radius 2 is 1.00 bits per heavy atom. The van der Waals surface area contributed by atoms with Crippen molar-refractivity contribution in [1.82, 2.24) is 47.1 Å². The van der Waals surface area contributed by atoms with E-state index >= 15 is 0 Å². The molecular weight excluding hydrogens is 630 g/mol. The zero-order chi connectivity index (χ0) is 35.5. The Morgan fingerprint density at radius 3 is 1.45 bits per heavy atom. The van der Waals surface area contributed by atoms with Gasteiger partial charge < -0.3 is 31.9 Å². The third-order valence-corrected chi connectivity index (χ3v) is 6.69. The van der Waals surface area contributed by atoms with Crippen LogP contribution < -0.4 is 31.9 Å². The Labute approximate surface area is 269 Å². The smallest absolute Gasteiger partial charge is 0.243 e. The van der Waals surface area contributed by atoms with Crippen LogP contribution >= 0.6 is 0 Å². The second-order valence-electron chi connectivity index (χ2n) is 10.5. The predicted octanol–water partition coefficient (Wildman–Crippen LogP) is -4.53. The van der Waals surface area contributed by atoms with Crippen LogP contribution in [-0.2, 0) is 43.2 Å². The minimum atomic E-state index is -1.41. The number of carbonyl (C=O) groups excluding carboxylic acids is 9.